The monoisotopic (exact) mass is 269 g/mol. The number of benzene rings is 1. The Morgan fingerprint density at radius 3 is 2.50 bits per heavy atom. The third-order valence-electron chi connectivity index (χ3n) is 2.88. The number of nitrogens with zero attached hydrogens (tertiary/aromatic N) is 1. The fourth-order valence-corrected chi connectivity index (χ4v) is 1.97. The molecule has 0 aromatic heterocycles. The molecule has 1 amide bonds. The Bertz CT molecular complexity index is 365. The van der Waals surface area contributed by atoms with Crippen molar-refractivity contribution in [3.63, 3.8) is 0 Å². The zero-order valence-corrected chi connectivity index (χ0v) is 11.7. The van der Waals surface area contributed by atoms with Crippen LogP contribution in [-0.2, 0) is 11.2 Å². The van der Waals surface area contributed by atoms with E-state index in [1.807, 2.05) is 31.2 Å². The van der Waals surface area contributed by atoms with Crippen molar-refractivity contribution in [1.29, 1.82) is 0 Å². The molecule has 18 heavy (non-hydrogen) atoms. The van der Waals surface area contributed by atoms with Crippen LogP contribution in [0.1, 0.15) is 18.9 Å². The normalized spacial score (nSPS) is 10.2. The van der Waals surface area contributed by atoms with Gasteiger partial charge in [-0.25, -0.2) is 0 Å². The average Bonchev–Trinajstić information content (AvgIpc) is 2.42. The van der Waals surface area contributed by atoms with E-state index in [0.717, 1.165) is 17.7 Å². The van der Waals surface area contributed by atoms with E-state index in [4.69, 9.17) is 16.3 Å². The van der Waals surface area contributed by atoms with Crippen LogP contribution in [0, 0.1) is 0 Å². The highest BCUT2D eigenvalue weighted by atomic mass is 35.5. The van der Waals surface area contributed by atoms with Crippen LogP contribution in [0.2, 0.25) is 0 Å². The zero-order chi connectivity index (χ0) is 13.4. The number of alkyl halides is 1. The van der Waals surface area contributed by atoms with Crippen molar-refractivity contribution in [3.05, 3.63) is 29.8 Å². The highest BCUT2D eigenvalue weighted by molar-refractivity contribution is 6.18. The van der Waals surface area contributed by atoms with Crippen molar-refractivity contribution in [2.75, 3.05) is 26.1 Å². The summed E-state index contributed by atoms with van der Waals surface area (Å²) in [6, 6.07) is 7.81. The van der Waals surface area contributed by atoms with Crippen LogP contribution >= 0.6 is 11.6 Å². The second kappa shape index (κ2) is 7.98. The minimum absolute atomic E-state index is 0.161. The molecule has 0 saturated heterocycles. The molecule has 0 saturated carbocycles. The molecule has 0 bridgehead atoms. The predicted octanol–water partition coefficient (Wildman–Crippen LogP) is 2.72. The van der Waals surface area contributed by atoms with Gasteiger partial charge in [-0.05, 0) is 31.0 Å². The molecule has 0 spiro atoms. The number of aryl methyl sites for hydroxylation is 1. The lowest BCUT2D eigenvalue weighted by Gasteiger charge is -2.19. The van der Waals surface area contributed by atoms with E-state index in [-0.39, 0.29) is 5.91 Å². The molecule has 0 aliphatic carbocycles. The summed E-state index contributed by atoms with van der Waals surface area (Å²) in [5, 5.41) is 0. The van der Waals surface area contributed by atoms with Gasteiger partial charge in [0.25, 0.3) is 0 Å². The molecule has 1 rings (SSSR count). The Morgan fingerprint density at radius 2 is 2.00 bits per heavy atom. The first-order valence-corrected chi connectivity index (χ1v) is 6.71. The molecule has 0 fully saturated rings. The predicted molar refractivity (Wildman–Crippen MR) is 74.3 cm³/mol. The van der Waals surface area contributed by atoms with Gasteiger partial charge in [0.2, 0.25) is 5.91 Å². The number of carbonyl (C=O) groups excluding carboxylic acids is 1. The molecule has 0 unspecified atom stereocenters. The summed E-state index contributed by atoms with van der Waals surface area (Å²) in [6.45, 7) is 3.31. The average molecular weight is 270 g/mol. The van der Waals surface area contributed by atoms with Gasteiger partial charge in [-0.2, -0.15) is 0 Å². The molecule has 0 atom stereocenters. The summed E-state index contributed by atoms with van der Waals surface area (Å²) < 4.78 is 5.09. The fraction of sp³-hybridized carbons (Fsp3) is 0.500. The van der Waals surface area contributed by atoms with Crippen LogP contribution in [-0.4, -0.2) is 36.9 Å². The third kappa shape index (κ3) is 4.57. The number of rotatable bonds is 7. The molecule has 0 aliphatic rings. The SMILES string of the molecule is CCN(CCCl)C(=O)CCc1ccc(OC)cc1. The van der Waals surface area contributed by atoms with Gasteiger partial charge in [-0.1, -0.05) is 12.1 Å². The smallest absolute Gasteiger partial charge is 0.222 e. The van der Waals surface area contributed by atoms with Gasteiger partial charge in [0.05, 0.1) is 7.11 Å². The van der Waals surface area contributed by atoms with Gasteiger partial charge in [0.15, 0.2) is 0 Å². The van der Waals surface area contributed by atoms with Crippen molar-refractivity contribution in [2.45, 2.75) is 19.8 Å². The molecule has 4 heteroatoms. The molecule has 0 heterocycles. The summed E-state index contributed by atoms with van der Waals surface area (Å²) in [4.78, 5) is 13.7. The maximum atomic E-state index is 11.9. The van der Waals surface area contributed by atoms with Gasteiger partial charge in [0, 0.05) is 25.4 Å². The summed E-state index contributed by atoms with van der Waals surface area (Å²) >= 11 is 5.66. The second-order valence-corrected chi connectivity index (χ2v) is 4.39. The molecule has 0 radical (unpaired) electrons. The zero-order valence-electron chi connectivity index (χ0n) is 11.0. The lowest BCUT2D eigenvalue weighted by molar-refractivity contribution is -0.130. The molecule has 3 nitrogen and oxygen atoms in total. The lowest BCUT2D eigenvalue weighted by atomic mass is 10.1. The van der Waals surface area contributed by atoms with Crippen LogP contribution in [0.15, 0.2) is 24.3 Å². The maximum Gasteiger partial charge on any atom is 0.222 e. The summed E-state index contributed by atoms with van der Waals surface area (Å²) in [7, 11) is 1.64. The summed E-state index contributed by atoms with van der Waals surface area (Å²) in [5.74, 6) is 1.48. The van der Waals surface area contributed by atoms with Gasteiger partial charge >= 0.3 is 0 Å². The van der Waals surface area contributed by atoms with Crippen molar-refractivity contribution in [3.8, 4) is 5.75 Å². The van der Waals surface area contributed by atoms with E-state index >= 15 is 0 Å². The van der Waals surface area contributed by atoms with Crippen molar-refractivity contribution < 1.29 is 9.53 Å². The van der Waals surface area contributed by atoms with Crippen LogP contribution in [0.4, 0.5) is 0 Å². The van der Waals surface area contributed by atoms with E-state index in [2.05, 4.69) is 0 Å². The molecule has 1 aromatic rings. The minimum atomic E-state index is 0.161. The number of hydrogen-bond donors (Lipinski definition) is 0. The number of methoxy groups -OCH3 is 1. The molecule has 0 aliphatic heterocycles. The number of carbonyl (C=O) groups is 1. The largest absolute Gasteiger partial charge is 0.497 e. The first-order chi connectivity index (χ1) is 8.71. The van der Waals surface area contributed by atoms with Crippen LogP contribution in [0.5, 0.6) is 5.75 Å². The Kier molecular flexibility index (Phi) is 6.58. The first kappa shape index (κ1) is 14.8. The van der Waals surface area contributed by atoms with Gasteiger partial charge in [-0.15, -0.1) is 11.6 Å². The summed E-state index contributed by atoms with van der Waals surface area (Å²) in [5.41, 5.74) is 1.14. The Hall–Kier alpha value is -1.22. The highest BCUT2D eigenvalue weighted by Gasteiger charge is 2.10. The number of halogens is 1. The van der Waals surface area contributed by atoms with Crippen LogP contribution in [0.25, 0.3) is 0 Å². The summed E-state index contributed by atoms with van der Waals surface area (Å²) in [6.07, 6.45) is 1.28. The standard InChI is InChI=1S/C14H20ClNO2/c1-3-16(11-10-15)14(17)9-6-12-4-7-13(18-2)8-5-12/h4-5,7-8H,3,6,9-11H2,1-2H3. The van der Waals surface area contributed by atoms with Crippen LogP contribution < -0.4 is 4.74 Å². The Balaban J connectivity index is 2.45. The Morgan fingerprint density at radius 1 is 1.33 bits per heavy atom. The second-order valence-electron chi connectivity index (χ2n) is 4.01. The highest BCUT2D eigenvalue weighted by Crippen LogP contribution is 2.13. The van der Waals surface area contributed by atoms with Gasteiger partial charge in [0.1, 0.15) is 5.75 Å². The first-order valence-electron chi connectivity index (χ1n) is 6.18. The van der Waals surface area contributed by atoms with E-state index in [9.17, 15) is 4.79 Å². The van der Waals surface area contributed by atoms with Gasteiger partial charge in [-0.3, -0.25) is 4.79 Å². The quantitative estimate of drug-likeness (QED) is 0.713. The topological polar surface area (TPSA) is 29.5 Å². The lowest BCUT2D eigenvalue weighted by Crippen LogP contribution is -2.32. The molecular formula is C14H20ClNO2. The van der Waals surface area contributed by atoms with E-state index < -0.39 is 0 Å². The number of hydrogen-bond acceptors (Lipinski definition) is 2. The molecule has 0 N–H and O–H groups in total. The minimum Gasteiger partial charge on any atom is -0.497 e. The van der Waals surface area contributed by atoms with Crippen LogP contribution in [0.3, 0.4) is 0 Å². The Labute approximate surface area is 114 Å². The molecule has 100 valence electrons. The van der Waals surface area contributed by atoms with E-state index in [0.29, 0.717) is 25.4 Å². The van der Waals surface area contributed by atoms with E-state index in [1.165, 1.54) is 0 Å². The van der Waals surface area contributed by atoms with Crippen molar-refractivity contribution >= 4 is 17.5 Å². The molecule has 1 aromatic carbocycles. The fourth-order valence-electron chi connectivity index (χ4n) is 1.76. The molecular weight excluding hydrogens is 250 g/mol. The van der Waals surface area contributed by atoms with Gasteiger partial charge < -0.3 is 9.64 Å². The third-order valence-corrected chi connectivity index (χ3v) is 3.04. The van der Waals surface area contributed by atoms with Crippen molar-refractivity contribution in [1.82, 2.24) is 4.90 Å². The van der Waals surface area contributed by atoms with Crippen molar-refractivity contribution in [2.24, 2.45) is 0 Å². The number of amides is 1. The van der Waals surface area contributed by atoms with E-state index in [1.54, 1.807) is 12.0 Å². The maximum absolute atomic E-state index is 11.9. The number of ether oxygens (including phenoxy) is 1.